The fourth-order valence-electron chi connectivity index (χ4n) is 2.78. The van der Waals surface area contributed by atoms with Crippen molar-refractivity contribution in [3.63, 3.8) is 0 Å². The maximum absolute atomic E-state index is 12.4. The van der Waals surface area contributed by atoms with Gasteiger partial charge in [0.15, 0.2) is 0 Å². The highest BCUT2D eigenvalue weighted by atomic mass is 16.3. The third kappa shape index (κ3) is 3.16. The van der Waals surface area contributed by atoms with Gasteiger partial charge in [0.25, 0.3) is 0 Å². The molecule has 0 saturated heterocycles. The van der Waals surface area contributed by atoms with Gasteiger partial charge in [-0.3, -0.25) is 4.79 Å². The number of fused-ring (bicyclic) bond motifs is 1. The van der Waals surface area contributed by atoms with Crippen molar-refractivity contribution in [3.8, 4) is 0 Å². The van der Waals surface area contributed by atoms with Crippen molar-refractivity contribution in [2.45, 2.75) is 31.9 Å². The molecule has 1 atom stereocenters. The Morgan fingerprint density at radius 3 is 2.95 bits per heavy atom. The summed E-state index contributed by atoms with van der Waals surface area (Å²) in [7, 11) is 0. The maximum atomic E-state index is 12.4. The minimum Gasteiger partial charge on any atom is -0.469 e. The molecule has 2 aromatic rings. The van der Waals surface area contributed by atoms with E-state index >= 15 is 0 Å². The molecule has 0 spiro atoms. The molecule has 21 heavy (non-hydrogen) atoms. The summed E-state index contributed by atoms with van der Waals surface area (Å²) in [4.78, 5) is 14.2. The molecule has 1 N–H and O–H groups in total. The summed E-state index contributed by atoms with van der Waals surface area (Å²) >= 11 is 0. The van der Waals surface area contributed by atoms with Crippen molar-refractivity contribution in [2.24, 2.45) is 0 Å². The second-order valence-corrected chi connectivity index (χ2v) is 5.40. The van der Waals surface area contributed by atoms with E-state index in [1.165, 1.54) is 0 Å². The number of carbonyl (C=O) groups excluding carboxylic acids is 1. The standard InChI is InChI=1S/C17H19NO3/c19-16-9-10-18(12-13-4-1-2-6-15(13)16)17(20)8-7-14-5-3-11-21-14/h1-6,11,16,19H,7-10,12H2. The lowest BCUT2D eigenvalue weighted by molar-refractivity contribution is -0.132. The van der Waals surface area contributed by atoms with Gasteiger partial charge in [0.1, 0.15) is 5.76 Å². The van der Waals surface area contributed by atoms with E-state index in [2.05, 4.69) is 0 Å². The molecule has 1 aliphatic heterocycles. The van der Waals surface area contributed by atoms with Crippen LogP contribution in [0.4, 0.5) is 0 Å². The van der Waals surface area contributed by atoms with Crippen LogP contribution in [0, 0.1) is 0 Å². The number of aryl methyl sites for hydroxylation is 1. The summed E-state index contributed by atoms with van der Waals surface area (Å²) in [5.74, 6) is 0.939. The van der Waals surface area contributed by atoms with Crippen LogP contribution in [0.1, 0.15) is 35.8 Å². The lowest BCUT2D eigenvalue weighted by Gasteiger charge is -2.20. The first-order chi connectivity index (χ1) is 10.2. The van der Waals surface area contributed by atoms with Gasteiger partial charge in [-0.2, -0.15) is 0 Å². The van der Waals surface area contributed by atoms with Crippen molar-refractivity contribution >= 4 is 5.91 Å². The second-order valence-electron chi connectivity index (χ2n) is 5.40. The Bertz CT molecular complexity index is 606. The van der Waals surface area contributed by atoms with Gasteiger partial charge in [-0.05, 0) is 29.7 Å². The number of carbonyl (C=O) groups is 1. The van der Waals surface area contributed by atoms with E-state index < -0.39 is 6.10 Å². The number of nitrogens with zero attached hydrogens (tertiary/aromatic N) is 1. The molecule has 0 aliphatic carbocycles. The van der Waals surface area contributed by atoms with Gasteiger partial charge in [-0.25, -0.2) is 0 Å². The van der Waals surface area contributed by atoms with Gasteiger partial charge in [-0.1, -0.05) is 24.3 Å². The first kappa shape index (κ1) is 13.9. The lowest BCUT2D eigenvalue weighted by Crippen LogP contribution is -2.30. The van der Waals surface area contributed by atoms with Gasteiger partial charge in [0, 0.05) is 25.9 Å². The van der Waals surface area contributed by atoms with Crippen LogP contribution in [0.15, 0.2) is 47.1 Å². The van der Waals surface area contributed by atoms with Gasteiger partial charge in [0.05, 0.1) is 12.4 Å². The minimum absolute atomic E-state index is 0.107. The van der Waals surface area contributed by atoms with E-state index in [0.29, 0.717) is 32.4 Å². The summed E-state index contributed by atoms with van der Waals surface area (Å²) in [5.41, 5.74) is 1.98. The number of aliphatic hydroxyl groups is 1. The third-order valence-corrected chi connectivity index (χ3v) is 3.97. The Morgan fingerprint density at radius 1 is 1.29 bits per heavy atom. The number of furan rings is 1. The topological polar surface area (TPSA) is 53.7 Å². The summed E-state index contributed by atoms with van der Waals surface area (Å²) in [6.07, 6.45) is 2.78. The predicted molar refractivity (Wildman–Crippen MR) is 78.5 cm³/mol. The molecule has 4 nitrogen and oxygen atoms in total. The summed E-state index contributed by atoms with van der Waals surface area (Å²) < 4.78 is 5.26. The zero-order valence-corrected chi connectivity index (χ0v) is 11.9. The molecule has 2 heterocycles. The first-order valence-electron chi connectivity index (χ1n) is 7.30. The van der Waals surface area contributed by atoms with Gasteiger partial charge in [-0.15, -0.1) is 0 Å². The summed E-state index contributed by atoms with van der Waals surface area (Å²) in [6, 6.07) is 11.5. The van der Waals surface area contributed by atoms with E-state index in [9.17, 15) is 9.90 Å². The van der Waals surface area contributed by atoms with Crippen molar-refractivity contribution in [1.82, 2.24) is 4.90 Å². The van der Waals surface area contributed by atoms with E-state index in [1.54, 1.807) is 6.26 Å². The average Bonchev–Trinajstić information content (AvgIpc) is 2.96. The molecule has 4 heteroatoms. The Labute approximate surface area is 124 Å². The Balaban J connectivity index is 1.67. The second kappa shape index (κ2) is 6.14. The Kier molecular flexibility index (Phi) is 4.06. The number of amides is 1. The van der Waals surface area contributed by atoms with E-state index in [1.807, 2.05) is 41.3 Å². The molecule has 0 saturated carbocycles. The molecule has 1 unspecified atom stereocenters. The fourth-order valence-corrected chi connectivity index (χ4v) is 2.78. The zero-order chi connectivity index (χ0) is 14.7. The van der Waals surface area contributed by atoms with Crippen molar-refractivity contribution in [2.75, 3.05) is 6.54 Å². The summed E-state index contributed by atoms with van der Waals surface area (Å²) in [5, 5.41) is 10.2. The van der Waals surface area contributed by atoms with E-state index in [0.717, 1.165) is 16.9 Å². The number of rotatable bonds is 3. The number of hydrogen-bond donors (Lipinski definition) is 1. The Morgan fingerprint density at radius 2 is 2.14 bits per heavy atom. The van der Waals surface area contributed by atoms with Crippen LogP contribution in [0.3, 0.4) is 0 Å². The molecular weight excluding hydrogens is 266 g/mol. The van der Waals surface area contributed by atoms with Crippen LogP contribution in [0.25, 0.3) is 0 Å². The van der Waals surface area contributed by atoms with Crippen molar-refractivity contribution in [1.29, 1.82) is 0 Å². The van der Waals surface area contributed by atoms with Gasteiger partial charge in [0.2, 0.25) is 5.91 Å². The highest BCUT2D eigenvalue weighted by Gasteiger charge is 2.23. The molecule has 0 radical (unpaired) electrons. The normalized spacial score (nSPS) is 18.1. The zero-order valence-electron chi connectivity index (χ0n) is 11.9. The molecule has 1 aromatic carbocycles. The van der Waals surface area contributed by atoms with Crippen LogP contribution in [0.2, 0.25) is 0 Å². The van der Waals surface area contributed by atoms with Crippen LogP contribution in [-0.2, 0) is 17.8 Å². The monoisotopic (exact) mass is 285 g/mol. The van der Waals surface area contributed by atoms with Crippen molar-refractivity contribution in [3.05, 3.63) is 59.5 Å². The Hall–Kier alpha value is -2.07. The number of benzene rings is 1. The molecule has 0 fully saturated rings. The van der Waals surface area contributed by atoms with E-state index in [-0.39, 0.29) is 5.91 Å². The van der Waals surface area contributed by atoms with Gasteiger partial charge < -0.3 is 14.4 Å². The molecular formula is C17H19NO3. The molecule has 1 aliphatic rings. The molecule has 0 bridgehead atoms. The SMILES string of the molecule is O=C(CCc1ccco1)N1CCC(O)c2ccccc2C1. The lowest BCUT2D eigenvalue weighted by atomic mass is 10.0. The highest BCUT2D eigenvalue weighted by molar-refractivity contribution is 5.76. The first-order valence-corrected chi connectivity index (χ1v) is 7.30. The smallest absolute Gasteiger partial charge is 0.223 e. The quantitative estimate of drug-likeness (QED) is 0.943. The average molecular weight is 285 g/mol. The summed E-state index contributed by atoms with van der Waals surface area (Å²) in [6.45, 7) is 1.16. The molecule has 1 aromatic heterocycles. The maximum Gasteiger partial charge on any atom is 0.223 e. The predicted octanol–water partition coefficient (Wildman–Crippen LogP) is 2.68. The van der Waals surface area contributed by atoms with Crippen LogP contribution in [-0.4, -0.2) is 22.5 Å². The van der Waals surface area contributed by atoms with E-state index in [4.69, 9.17) is 4.42 Å². The van der Waals surface area contributed by atoms with Crippen molar-refractivity contribution < 1.29 is 14.3 Å². The van der Waals surface area contributed by atoms with Gasteiger partial charge >= 0.3 is 0 Å². The molecule has 3 rings (SSSR count). The minimum atomic E-state index is -0.482. The number of hydrogen-bond acceptors (Lipinski definition) is 3. The third-order valence-electron chi connectivity index (χ3n) is 3.97. The molecule has 110 valence electrons. The highest BCUT2D eigenvalue weighted by Crippen LogP contribution is 2.26. The van der Waals surface area contributed by atoms with Crippen LogP contribution >= 0.6 is 0 Å². The van der Waals surface area contributed by atoms with Crippen LogP contribution in [0.5, 0.6) is 0 Å². The number of aliphatic hydroxyl groups excluding tert-OH is 1. The van der Waals surface area contributed by atoms with Crippen LogP contribution < -0.4 is 0 Å². The largest absolute Gasteiger partial charge is 0.469 e. The molecule has 1 amide bonds. The fraction of sp³-hybridized carbons (Fsp3) is 0.353.